The van der Waals surface area contributed by atoms with E-state index in [2.05, 4.69) is 22.1 Å². The maximum atomic E-state index is 5.92. The number of piperidine rings is 1. The molecular weight excluding hydrogens is 224 g/mol. The maximum absolute atomic E-state index is 5.92. The normalized spacial score (nSPS) is 21.1. The minimum Gasteiger partial charge on any atom is -0.348 e. The van der Waals surface area contributed by atoms with Crippen LogP contribution in [0.1, 0.15) is 18.7 Å². The molecule has 1 aliphatic rings. The Balaban J connectivity index is 2.07. The number of likely N-dealkylation sites (tertiary alicyclic amines) is 1. The van der Waals surface area contributed by atoms with Crippen LogP contribution in [0, 0.1) is 10.3 Å². The Hall–Kier alpha value is -0.720. The quantitative estimate of drug-likeness (QED) is 0.772. The highest BCUT2D eigenvalue weighted by Gasteiger charge is 2.33. The van der Waals surface area contributed by atoms with Gasteiger partial charge in [-0.1, -0.05) is 0 Å². The van der Waals surface area contributed by atoms with Gasteiger partial charge < -0.3 is 15.2 Å². The summed E-state index contributed by atoms with van der Waals surface area (Å²) in [4.78, 5) is 6.75. The van der Waals surface area contributed by atoms with E-state index in [1.165, 1.54) is 0 Å². The number of nitrogens with two attached hydrogens (primary N) is 1. The first-order chi connectivity index (χ1) is 7.63. The van der Waals surface area contributed by atoms with Gasteiger partial charge >= 0.3 is 4.84 Å². The molecule has 0 radical (unpaired) electrons. The van der Waals surface area contributed by atoms with Crippen LogP contribution in [0.5, 0.6) is 0 Å². The average molecular weight is 242 g/mol. The molecule has 0 amide bonds. The van der Waals surface area contributed by atoms with Crippen molar-refractivity contribution in [3.63, 3.8) is 0 Å². The van der Waals surface area contributed by atoms with E-state index in [4.69, 9.17) is 22.5 Å². The number of H-pyrrole nitrogens is 1. The summed E-state index contributed by atoms with van der Waals surface area (Å²) in [5, 5.41) is 2.76. The molecule has 1 aliphatic heterocycles. The summed E-state index contributed by atoms with van der Waals surface area (Å²) >= 11 is 4.84. The third-order valence-corrected chi connectivity index (χ3v) is 3.68. The van der Waals surface area contributed by atoms with Crippen LogP contribution in [-0.4, -0.2) is 41.7 Å². The topological polar surface area (TPSA) is 71.1 Å². The minimum atomic E-state index is 0.154. The zero-order valence-electron chi connectivity index (χ0n) is 9.53. The highest BCUT2D eigenvalue weighted by molar-refractivity contribution is 7.71. The molecule has 6 heteroatoms. The third kappa shape index (κ3) is 2.50. The number of rotatable bonds is 3. The fraction of sp³-hybridized carbons (Fsp3) is 0.800. The Morgan fingerprint density at radius 3 is 2.75 bits per heavy atom. The van der Waals surface area contributed by atoms with Gasteiger partial charge in [-0.3, -0.25) is 0 Å². The number of hydrogen-bond donors (Lipinski definition) is 2. The van der Waals surface area contributed by atoms with Crippen molar-refractivity contribution in [2.45, 2.75) is 19.3 Å². The zero-order chi connectivity index (χ0) is 11.6. The SMILES string of the molecule is CN1CCC(CN)(Cc2nc(=S)o[nH]2)CC1. The lowest BCUT2D eigenvalue weighted by molar-refractivity contribution is 0.126. The smallest absolute Gasteiger partial charge is 0.314 e. The molecule has 5 nitrogen and oxygen atoms in total. The highest BCUT2D eigenvalue weighted by Crippen LogP contribution is 2.32. The molecule has 1 aromatic heterocycles. The predicted molar refractivity (Wildman–Crippen MR) is 63.6 cm³/mol. The van der Waals surface area contributed by atoms with Crippen LogP contribution in [0.25, 0.3) is 0 Å². The van der Waals surface area contributed by atoms with E-state index in [0.717, 1.165) is 38.2 Å². The molecular formula is C10H18N4OS. The van der Waals surface area contributed by atoms with Crippen LogP contribution < -0.4 is 5.73 Å². The van der Waals surface area contributed by atoms with E-state index in [-0.39, 0.29) is 10.3 Å². The Morgan fingerprint density at radius 1 is 1.56 bits per heavy atom. The number of nitrogens with zero attached hydrogens (tertiary/aromatic N) is 2. The molecule has 0 spiro atoms. The van der Waals surface area contributed by atoms with E-state index in [9.17, 15) is 0 Å². The molecule has 0 atom stereocenters. The van der Waals surface area contributed by atoms with Crippen molar-refractivity contribution in [3.05, 3.63) is 10.7 Å². The Kier molecular flexibility index (Phi) is 3.41. The standard InChI is InChI=1S/C10H18N4OS/c1-14-4-2-10(7-11,3-5-14)6-8-12-9(16)15-13-8/h2-7,11H2,1H3,(H,12,13,16). The van der Waals surface area contributed by atoms with E-state index >= 15 is 0 Å². The van der Waals surface area contributed by atoms with Gasteiger partial charge in [-0.05, 0) is 57.2 Å². The summed E-state index contributed by atoms with van der Waals surface area (Å²) in [6, 6.07) is 0. The largest absolute Gasteiger partial charge is 0.348 e. The molecule has 0 bridgehead atoms. The van der Waals surface area contributed by atoms with Crippen LogP contribution in [0.3, 0.4) is 0 Å². The van der Waals surface area contributed by atoms with E-state index < -0.39 is 0 Å². The Labute approximate surface area is 100.0 Å². The molecule has 3 N–H and O–H groups in total. The second-order valence-electron chi connectivity index (χ2n) is 4.71. The molecule has 1 fully saturated rings. The minimum absolute atomic E-state index is 0.154. The van der Waals surface area contributed by atoms with Crippen LogP contribution in [0.2, 0.25) is 0 Å². The first kappa shape index (κ1) is 11.8. The molecule has 2 rings (SSSR count). The van der Waals surface area contributed by atoms with Gasteiger partial charge in [-0.2, -0.15) is 4.98 Å². The van der Waals surface area contributed by atoms with E-state index in [0.29, 0.717) is 6.54 Å². The summed E-state index contributed by atoms with van der Waals surface area (Å²) in [5.41, 5.74) is 6.08. The van der Waals surface area contributed by atoms with E-state index in [1.807, 2.05) is 0 Å². The Bertz CT molecular complexity index is 392. The lowest BCUT2D eigenvalue weighted by Gasteiger charge is -2.39. The summed E-state index contributed by atoms with van der Waals surface area (Å²) in [6.07, 6.45) is 3.04. The molecule has 90 valence electrons. The van der Waals surface area contributed by atoms with E-state index in [1.54, 1.807) is 0 Å². The zero-order valence-corrected chi connectivity index (χ0v) is 10.3. The number of nitrogens with one attached hydrogen (secondary N) is 1. The van der Waals surface area contributed by atoms with Crippen molar-refractivity contribution < 1.29 is 4.52 Å². The average Bonchev–Trinajstić information content (AvgIpc) is 2.68. The van der Waals surface area contributed by atoms with Crippen molar-refractivity contribution in [3.8, 4) is 0 Å². The number of aromatic nitrogens is 2. The van der Waals surface area contributed by atoms with Crippen molar-refractivity contribution in [2.24, 2.45) is 11.1 Å². The van der Waals surface area contributed by atoms with Gasteiger partial charge in [0.15, 0.2) is 0 Å². The van der Waals surface area contributed by atoms with Crippen molar-refractivity contribution in [2.75, 3.05) is 26.7 Å². The molecule has 2 heterocycles. The van der Waals surface area contributed by atoms with Gasteiger partial charge in [-0.15, -0.1) is 0 Å². The molecule has 0 aliphatic carbocycles. The first-order valence-corrected chi connectivity index (χ1v) is 5.97. The summed E-state index contributed by atoms with van der Waals surface area (Å²) < 4.78 is 4.94. The maximum Gasteiger partial charge on any atom is 0.314 e. The van der Waals surface area contributed by atoms with Gasteiger partial charge in [0.2, 0.25) is 0 Å². The summed E-state index contributed by atoms with van der Waals surface area (Å²) in [6.45, 7) is 2.87. The monoisotopic (exact) mass is 242 g/mol. The van der Waals surface area contributed by atoms with Gasteiger partial charge in [-0.25, -0.2) is 5.16 Å². The number of hydrogen-bond acceptors (Lipinski definition) is 5. The molecule has 0 saturated carbocycles. The van der Waals surface area contributed by atoms with Gasteiger partial charge in [0.05, 0.1) is 0 Å². The van der Waals surface area contributed by atoms with Gasteiger partial charge in [0.25, 0.3) is 0 Å². The van der Waals surface area contributed by atoms with Crippen LogP contribution >= 0.6 is 12.2 Å². The van der Waals surface area contributed by atoms with Crippen LogP contribution in [0.4, 0.5) is 0 Å². The third-order valence-electron chi connectivity index (χ3n) is 3.51. The van der Waals surface area contributed by atoms with Gasteiger partial charge in [0.1, 0.15) is 5.82 Å². The molecule has 1 aromatic rings. The number of aromatic amines is 1. The Morgan fingerprint density at radius 2 is 2.25 bits per heavy atom. The van der Waals surface area contributed by atoms with Crippen LogP contribution in [0.15, 0.2) is 4.52 Å². The molecule has 0 aromatic carbocycles. The lowest BCUT2D eigenvalue weighted by Crippen LogP contribution is -2.43. The van der Waals surface area contributed by atoms with Crippen molar-refractivity contribution >= 4 is 12.2 Å². The predicted octanol–water partition coefficient (Wildman–Crippen LogP) is 0.945. The highest BCUT2D eigenvalue weighted by atomic mass is 32.1. The molecule has 16 heavy (non-hydrogen) atoms. The van der Waals surface area contributed by atoms with Gasteiger partial charge in [0, 0.05) is 6.42 Å². The van der Waals surface area contributed by atoms with Crippen molar-refractivity contribution in [1.82, 2.24) is 15.0 Å². The summed E-state index contributed by atoms with van der Waals surface area (Å²) in [5.74, 6) is 0.819. The fourth-order valence-electron chi connectivity index (χ4n) is 2.24. The molecule has 1 saturated heterocycles. The van der Waals surface area contributed by atoms with Crippen LogP contribution in [-0.2, 0) is 6.42 Å². The second-order valence-corrected chi connectivity index (χ2v) is 5.06. The first-order valence-electron chi connectivity index (χ1n) is 5.57. The lowest BCUT2D eigenvalue weighted by atomic mass is 9.75. The second kappa shape index (κ2) is 4.65. The fourth-order valence-corrected chi connectivity index (χ4v) is 2.39. The summed E-state index contributed by atoms with van der Waals surface area (Å²) in [7, 11) is 2.14. The van der Waals surface area contributed by atoms with Crippen molar-refractivity contribution in [1.29, 1.82) is 0 Å². The molecule has 0 unspecified atom stereocenters.